The average molecular weight is 1630 g/mol. The third kappa shape index (κ3) is 31.2. The highest BCUT2D eigenvalue weighted by molar-refractivity contribution is 5.93. The van der Waals surface area contributed by atoms with E-state index in [-0.39, 0.29) is 5.41 Å². The van der Waals surface area contributed by atoms with Gasteiger partial charge in [-0.25, -0.2) is 0 Å². The van der Waals surface area contributed by atoms with Crippen molar-refractivity contribution in [3.8, 4) is 0 Å². The van der Waals surface area contributed by atoms with E-state index in [1.165, 1.54) is 127 Å². The predicted octanol–water partition coefficient (Wildman–Crippen LogP) is 31.1. The summed E-state index contributed by atoms with van der Waals surface area (Å²) in [5.74, 6) is 0.786. The lowest BCUT2D eigenvalue weighted by molar-refractivity contribution is -0.137. The van der Waals surface area contributed by atoms with Gasteiger partial charge < -0.3 is 34.0 Å². The zero-order valence-electron chi connectivity index (χ0n) is 71.4. The van der Waals surface area contributed by atoms with Crippen LogP contribution in [0.2, 0.25) is 0 Å². The fourth-order valence-corrected chi connectivity index (χ4v) is 13.4. The molecule has 0 bridgehead atoms. The van der Waals surface area contributed by atoms with Crippen molar-refractivity contribution in [2.45, 2.75) is 84.2 Å². The molecule has 1 aliphatic carbocycles. The van der Waals surface area contributed by atoms with Gasteiger partial charge in [-0.3, -0.25) is 0 Å². The van der Waals surface area contributed by atoms with Gasteiger partial charge in [-0.15, -0.1) is 0 Å². The Kier molecular flexibility index (Phi) is 33.6. The molecule has 6 nitrogen and oxygen atoms in total. The number of nitrogens with one attached hydrogen (secondary N) is 1. The molecule has 15 aromatic rings. The molecule has 0 amide bonds. The highest BCUT2D eigenvalue weighted by atomic mass is 19.4. The number of benzene rings is 15. The van der Waals surface area contributed by atoms with Crippen LogP contribution in [-0.4, -0.2) is 0 Å². The fraction of sp³-hybridized carbons (Fsp3) is 0.113. The van der Waals surface area contributed by atoms with E-state index < -0.39 is 11.7 Å². The number of aryl methyl sites for hydroxylation is 2. The van der Waals surface area contributed by atoms with Crippen LogP contribution in [0.5, 0.6) is 0 Å². The van der Waals surface area contributed by atoms with Crippen molar-refractivity contribution in [1.82, 2.24) is 0 Å². The topological polar surface area (TPSA) is 142 Å². The summed E-state index contributed by atoms with van der Waals surface area (Å²) in [6, 6.07) is 121. The third-order valence-electron chi connectivity index (χ3n) is 20.9. The van der Waals surface area contributed by atoms with Gasteiger partial charge in [0.2, 0.25) is 0 Å². The van der Waals surface area contributed by atoms with Crippen molar-refractivity contribution in [1.29, 1.82) is 0 Å². The van der Waals surface area contributed by atoms with Gasteiger partial charge in [0, 0.05) is 39.8 Å². The van der Waals surface area contributed by atoms with Gasteiger partial charge in [-0.05, 0) is 235 Å². The Balaban J connectivity index is 0.000000147. The maximum atomic E-state index is 12.4. The van der Waals surface area contributed by atoms with Crippen LogP contribution in [0.1, 0.15) is 164 Å². The molecule has 11 N–H and O–H groups in total. The number of nitrogen functional groups attached to an aromatic ring is 5. The molecule has 0 atom stereocenters. The molecule has 0 saturated heterocycles. The number of hydrogen-bond acceptors (Lipinski definition) is 6. The van der Waals surface area contributed by atoms with Crippen LogP contribution < -0.4 is 34.0 Å². The zero-order chi connectivity index (χ0) is 87.3. The second-order valence-corrected chi connectivity index (χ2v) is 31.8. The lowest BCUT2D eigenvalue weighted by atomic mass is 9.84. The van der Waals surface area contributed by atoms with Gasteiger partial charge in [0.25, 0.3) is 0 Å². The molecule has 16 rings (SSSR count). The summed E-state index contributed by atoms with van der Waals surface area (Å²) >= 11 is 0. The van der Waals surface area contributed by atoms with Crippen molar-refractivity contribution >= 4 is 136 Å². The predicted molar refractivity (Wildman–Crippen MR) is 535 cm³/mol. The Hall–Kier alpha value is -14.7. The third-order valence-corrected chi connectivity index (χ3v) is 20.9. The molecule has 622 valence electrons. The van der Waals surface area contributed by atoms with E-state index in [0.717, 1.165) is 74.4 Å². The smallest absolute Gasteiger partial charge is 0.399 e. The van der Waals surface area contributed by atoms with E-state index in [4.69, 9.17) is 28.7 Å². The number of rotatable bonds is 17. The monoisotopic (exact) mass is 1630 g/mol. The normalized spacial score (nSPS) is 12.3. The van der Waals surface area contributed by atoms with E-state index in [1.54, 1.807) is 18.2 Å². The van der Waals surface area contributed by atoms with E-state index >= 15 is 0 Å². The van der Waals surface area contributed by atoms with E-state index in [2.05, 4.69) is 325 Å². The number of alkyl halides is 3. The van der Waals surface area contributed by atoms with Crippen molar-refractivity contribution in [3.63, 3.8) is 0 Å². The summed E-state index contributed by atoms with van der Waals surface area (Å²) < 4.78 is 37.1. The Labute approximate surface area is 732 Å². The van der Waals surface area contributed by atoms with E-state index in [0.29, 0.717) is 11.3 Å². The number of hydrogen-bond donors (Lipinski definition) is 6. The lowest BCUT2D eigenvalue weighted by Crippen LogP contribution is -2.10. The van der Waals surface area contributed by atoms with E-state index in [1.807, 2.05) is 121 Å². The van der Waals surface area contributed by atoms with Gasteiger partial charge in [-0.2, -0.15) is 13.2 Å². The summed E-state index contributed by atoms with van der Waals surface area (Å²) in [7, 11) is 0. The first-order valence-electron chi connectivity index (χ1n) is 42.1. The molecule has 9 heteroatoms. The largest absolute Gasteiger partial charge is 0.416 e. The summed E-state index contributed by atoms with van der Waals surface area (Å²) in [6.45, 7) is 10.9. The van der Waals surface area contributed by atoms with Crippen LogP contribution in [0.3, 0.4) is 0 Å². The fourth-order valence-electron chi connectivity index (χ4n) is 13.4. The number of nitrogens with two attached hydrogens (primary N) is 5. The molecule has 0 heterocycles. The van der Waals surface area contributed by atoms with Crippen LogP contribution in [-0.2, 0) is 11.6 Å². The first-order valence-corrected chi connectivity index (χ1v) is 42.1. The standard InChI is InChI=1S/C29H25N.C20H23N.C18H15N.C18H21N.C15H12F3N.C15H15N/c1-23-7-9-25(10-8-23)13-14-27-17-21-29(22-18-27)30-28-19-15-26(16-20-28)12-11-24-5-3-2-4-6-24;21-20-14-10-17(11-15-20)7-6-16-8-12-19(13-9-16)18-4-2-1-3-5-18;19-17-12-9-14(10-13-17)8-11-16-6-3-5-15-4-1-2-7-18(15)16;1-18(2,3)16-10-6-14(7-11-16)4-5-15-8-12-17(19)13-9-15;16-15(17,18)13-7-3-11(4-8-13)1-2-12-5-9-14(19)10-6-12;1-12-2-4-13(5-3-12)6-7-14-8-10-15(16)11-9-14/h2-22,30H,1H3;6-15,18H,1-5,21H2;1-13H,19H2;4-13H,19H2,1-3H3;1-10H,19H2;2-11H,16H2,1H3/b12-11+,14-13+;7-6+;11-8+;5-4+;2-1+;7-6+. The van der Waals surface area contributed by atoms with Crippen LogP contribution in [0.4, 0.5) is 53.0 Å². The number of anilines is 7. The highest BCUT2D eigenvalue weighted by Gasteiger charge is 2.30. The minimum Gasteiger partial charge on any atom is -0.399 e. The zero-order valence-corrected chi connectivity index (χ0v) is 71.4. The van der Waals surface area contributed by atoms with Gasteiger partial charge in [-0.1, -0.05) is 403 Å². The molecular formula is C115H111F3N6. The second kappa shape index (κ2) is 46.2. The first-order chi connectivity index (χ1) is 60.0. The summed E-state index contributed by atoms with van der Waals surface area (Å²) in [6.07, 6.45) is 31.7. The quantitative estimate of drug-likeness (QED) is 0.0396. The molecule has 0 spiro atoms. The maximum Gasteiger partial charge on any atom is 0.416 e. The Bertz CT molecular complexity index is 5780. The maximum absolute atomic E-state index is 12.4. The van der Waals surface area contributed by atoms with Crippen molar-refractivity contribution in [3.05, 3.63) is 470 Å². The molecule has 15 aromatic carbocycles. The Morgan fingerprint density at radius 1 is 0.258 bits per heavy atom. The minimum atomic E-state index is -4.29. The van der Waals surface area contributed by atoms with Gasteiger partial charge in [0.15, 0.2) is 0 Å². The molecule has 0 unspecified atom stereocenters. The number of halogens is 3. The van der Waals surface area contributed by atoms with Crippen LogP contribution >= 0.6 is 0 Å². The summed E-state index contributed by atoms with van der Waals surface area (Å²) in [5.41, 5.74) is 55.3. The van der Waals surface area contributed by atoms with Gasteiger partial charge in [0.05, 0.1) is 5.56 Å². The van der Waals surface area contributed by atoms with Crippen LogP contribution in [0.15, 0.2) is 364 Å². The molecule has 0 radical (unpaired) electrons. The highest BCUT2D eigenvalue weighted by Crippen LogP contribution is 2.34. The molecule has 0 aliphatic heterocycles. The molecule has 1 fully saturated rings. The Morgan fingerprint density at radius 2 is 0.516 bits per heavy atom. The molecule has 124 heavy (non-hydrogen) atoms. The lowest BCUT2D eigenvalue weighted by Gasteiger charge is -2.21. The minimum absolute atomic E-state index is 0.208. The van der Waals surface area contributed by atoms with Crippen molar-refractivity contribution in [2.24, 2.45) is 0 Å². The molecule has 0 aromatic heterocycles. The van der Waals surface area contributed by atoms with Crippen molar-refractivity contribution < 1.29 is 13.2 Å². The SMILES string of the molecule is CC(C)(C)c1ccc(/C=C/c2ccc(N)cc2)cc1.Cc1ccc(/C=C/c2ccc(N)cc2)cc1.Cc1ccc(/C=C/c2ccc(Nc3ccc(/C=C/c4ccccc4)cc3)cc2)cc1.Nc1ccc(/C=C/c2ccc(C(F)(F)F)cc2)cc1.Nc1ccc(/C=C/c2ccc(C3CCCCC3)cc2)cc1.Nc1ccc(/C=C/c2cccc3ccccc23)cc1. The van der Waals surface area contributed by atoms with Gasteiger partial charge in [0.1, 0.15) is 0 Å². The molecule has 1 aliphatic rings. The molecule has 1 saturated carbocycles. The van der Waals surface area contributed by atoms with Gasteiger partial charge >= 0.3 is 6.18 Å². The van der Waals surface area contributed by atoms with Crippen molar-refractivity contribution in [2.75, 3.05) is 34.0 Å². The first kappa shape index (κ1) is 90.1. The average Bonchev–Trinajstić information content (AvgIpc) is 0.803. The van der Waals surface area contributed by atoms with Crippen LogP contribution in [0, 0.1) is 13.8 Å². The molecular weight excluding hydrogens is 1520 g/mol. The van der Waals surface area contributed by atoms with Crippen LogP contribution in [0.25, 0.3) is 95.8 Å². The Morgan fingerprint density at radius 3 is 0.839 bits per heavy atom. The van der Waals surface area contributed by atoms with E-state index in [9.17, 15) is 13.2 Å². The summed E-state index contributed by atoms with van der Waals surface area (Å²) in [5, 5.41) is 6.00. The second-order valence-electron chi connectivity index (χ2n) is 31.8. The summed E-state index contributed by atoms with van der Waals surface area (Å²) in [4.78, 5) is 0. The number of fused-ring (bicyclic) bond motifs is 1.